The second-order valence-electron chi connectivity index (χ2n) is 6.84. The molecule has 0 fully saturated rings. The lowest BCUT2D eigenvalue weighted by atomic mass is 9.96. The Kier molecular flexibility index (Phi) is 4.94. The molecule has 1 aliphatic rings. The summed E-state index contributed by atoms with van der Waals surface area (Å²) in [6.07, 6.45) is 1.48. The Balaban J connectivity index is 1.72. The molecule has 0 atom stereocenters. The lowest BCUT2D eigenvalue weighted by Crippen LogP contribution is -2.31. The van der Waals surface area contributed by atoms with Crippen LogP contribution >= 0.6 is 0 Å². The van der Waals surface area contributed by atoms with Crippen LogP contribution < -0.4 is 5.32 Å². The minimum Gasteiger partial charge on any atom is -0.297 e. The number of benzene rings is 2. The lowest BCUT2D eigenvalue weighted by Gasteiger charge is -2.30. The highest BCUT2D eigenvalue weighted by atomic mass is 16.1. The van der Waals surface area contributed by atoms with E-state index in [0.717, 1.165) is 54.1 Å². The predicted molar refractivity (Wildman–Crippen MR) is 106 cm³/mol. The molecule has 5 nitrogen and oxygen atoms in total. The van der Waals surface area contributed by atoms with Gasteiger partial charge in [0.2, 0.25) is 12.4 Å². The van der Waals surface area contributed by atoms with Crippen molar-refractivity contribution in [2.24, 2.45) is 0 Å². The summed E-state index contributed by atoms with van der Waals surface area (Å²) in [6, 6.07) is 18.7. The van der Waals surface area contributed by atoms with Crippen LogP contribution in [0.1, 0.15) is 22.4 Å². The van der Waals surface area contributed by atoms with E-state index in [1.54, 1.807) is 0 Å². The summed E-state index contributed by atoms with van der Waals surface area (Å²) in [5, 5.41) is 2.62. The van der Waals surface area contributed by atoms with Crippen LogP contribution in [0, 0.1) is 6.92 Å². The topological polar surface area (TPSA) is 58.1 Å². The van der Waals surface area contributed by atoms with E-state index in [0.29, 0.717) is 12.4 Å². The van der Waals surface area contributed by atoms with Crippen LogP contribution in [0.5, 0.6) is 0 Å². The summed E-state index contributed by atoms with van der Waals surface area (Å²) >= 11 is 0. The van der Waals surface area contributed by atoms with E-state index < -0.39 is 0 Å². The normalized spacial score (nSPS) is 13.8. The summed E-state index contributed by atoms with van der Waals surface area (Å²) in [7, 11) is 0. The Labute approximate surface area is 159 Å². The largest absolute Gasteiger partial charge is 0.297 e. The summed E-state index contributed by atoms with van der Waals surface area (Å²) in [4.78, 5) is 22.6. The Hall–Kier alpha value is -3.05. The van der Waals surface area contributed by atoms with Gasteiger partial charge in [0.1, 0.15) is 0 Å². The predicted octanol–water partition coefficient (Wildman–Crippen LogP) is 3.58. The molecule has 0 radical (unpaired) electrons. The number of anilines is 1. The summed E-state index contributed by atoms with van der Waals surface area (Å²) in [5.74, 6) is 0.374. The Bertz CT molecular complexity index is 956. The van der Waals surface area contributed by atoms with Gasteiger partial charge in [0, 0.05) is 37.2 Å². The highest BCUT2D eigenvalue weighted by molar-refractivity contribution is 5.72. The molecule has 136 valence electrons. The summed E-state index contributed by atoms with van der Waals surface area (Å²) in [6.45, 7) is 4.73. The van der Waals surface area contributed by atoms with E-state index in [-0.39, 0.29) is 0 Å². The van der Waals surface area contributed by atoms with E-state index in [1.807, 2.05) is 18.2 Å². The van der Waals surface area contributed by atoms with Gasteiger partial charge in [0.05, 0.1) is 11.4 Å². The summed E-state index contributed by atoms with van der Waals surface area (Å²) < 4.78 is 0. The molecule has 2 aromatic carbocycles. The molecule has 1 aromatic heterocycles. The number of nitrogens with one attached hydrogen (secondary N) is 1. The van der Waals surface area contributed by atoms with E-state index in [2.05, 4.69) is 63.5 Å². The number of rotatable bonds is 5. The molecule has 27 heavy (non-hydrogen) atoms. The van der Waals surface area contributed by atoms with E-state index in [1.165, 1.54) is 5.56 Å². The number of carbonyl (C=O) groups is 1. The van der Waals surface area contributed by atoms with Crippen LogP contribution in [0.3, 0.4) is 0 Å². The molecule has 2 heterocycles. The van der Waals surface area contributed by atoms with Crippen molar-refractivity contribution in [1.29, 1.82) is 0 Å². The van der Waals surface area contributed by atoms with Gasteiger partial charge in [-0.1, -0.05) is 54.6 Å². The zero-order chi connectivity index (χ0) is 18.6. The molecule has 0 saturated carbocycles. The van der Waals surface area contributed by atoms with E-state index >= 15 is 0 Å². The number of aryl methyl sites for hydroxylation is 1. The van der Waals surface area contributed by atoms with Crippen molar-refractivity contribution in [3.05, 3.63) is 77.0 Å². The molecule has 0 aliphatic carbocycles. The number of aromatic nitrogens is 2. The molecule has 0 unspecified atom stereocenters. The fraction of sp³-hybridized carbons (Fsp3) is 0.227. The zero-order valence-corrected chi connectivity index (χ0v) is 15.4. The average molecular weight is 358 g/mol. The average Bonchev–Trinajstić information content (AvgIpc) is 2.69. The third-order valence-electron chi connectivity index (χ3n) is 4.98. The highest BCUT2D eigenvalue weighted by Gasteiger charge is 2.24. The van der Waals surface area contributed by atoms with Crippen molar-refractivity contribution in [2.75, 3.05) is 11.9 Å². The quantitative estimate of drug-likeness (QED) is 0.708. The van der Waals surface area contributed by atoms with Crippen LogP contribution in [-0.4, -0.2) is 27.8 Å². The van der Waals surface area contributed by atoms with Crippen molar-refractivity contribution in [3.63, 3.8) is 0 Å². The van der Waals surface area contributed by atoms with Crippen LogP contribution in [0.2, 0.25) is 0 Å². The van der Waals surface area contributed by atoms with Crippen LogP contribution in [-0.2, 0) is 24.3 Å². The molecule has 1 aliphatic heterocycles. The van der Waals surface area contributed by atoms with Crippen molar-refractivity contribution < 1.29 is 4.79 Å². The van der Waals surface area contributed by atoms with Crippen molar-refractivity contribution in [3.8, 4) is 11.3 Å². The number of carbonyl (C=O) groups excluding carboxylic acids is 1. The smallest absolute Gasteiger partial charge is 0.230 e. The molecule has 1 amide bonds. The van der Waals surface area contributed by atoms with Gasteiger partial charge in [0.15, 0.2) is 0 Å². The number of hydrogen-bond acceptors (Lipinski definition) is 4. The van der Waals surface area contributed by atoms with Gasteiger partial charge in [-0.25, -0.2) is 9.97 Å². The van der Waals surface area contributed by atoms with E-state index in [4.69, 9.17) is 0 Å². The molecule has 1 N–H and O–H groups in total. The van der Waals surface area contributed by atoms with E-state index in [9.17, 15) is 4.79 Å². The SMILES string of the molecule is Cc1ccccc1-c1nc(NC=O)nc2c1CN(Cc1ccccc1)CC2. The second kappa shape index (κ2) is 7.68. The number of amides is 1. The monoisotopic (exact) mass is 358 g/mol. The lowest BCUT2D eigenvalue weighted by molar-refractivity contribution is -0.105. The minimum absolute atomic E-state index is 0.374. The first-order valence-electron chi connectivity index (χ1n) is 9.17. The fourth-order valence-electron chi connectivity index (χ4n) is 3.63. The Morgan fingerprint density at radius 1 is 1.07 bits per heavy atom. The van der Waals surface area contributed by atoms with Crippen molar-refractivity contribution >= 4 is 12.4 Å². The maximum Gasteiger partial charge on any atom is 0.230 e. The number of hydrogen-bond donors (Lipinski definition) is 1. The van der Waals surface area contributed by atoms with Gasteiger partial charge in [-0.3, -0.25) is 15.0 Å². The third-order valence-corrected chi connectivity index (χ3v) is 4.98. The van der Waals surface area contributed by atoms with Crippen molar-refractivity contribution in [1.82, 2.24) is 14.9 Å². The van der Waals surface area contributed by atoms with Gasteiger partial charge >= 0.3 is 0 Å². The first-order chi connectivity index (χ1) is 13.2. The number of nitrogens with zero attached hydrogens (tertiary/aromatic N) is 3. The first kappa shape index (κ1) is 17.4. The molecular formula is C22H22N4O. The number of fused-ring (bicyclic) bond motifs is 1. The third kappa shape index (κ3) is 3.73. The van der Waals surface area contributed by atoms with Crippen LogP contribution in [0.4, 0.5) is 5.95 Å². The maximum absolute atomic E-state index is 10.9. The summed E-state index contributed by atoms with van der Waals surface area (Å²) in [5.41, 5.74) is 6.65. The first-order valence-corrected chi connectivity index (χ1v) is 9.17. The van der Waals surface area contributed by atoms with Gasteiger partial charge in [-0.05, 0) is 18.1 Å². The fourth-order valence-corrected chi connectivity index (χ4v) is 3.63. The minimum atomic E-state index is 0.374. The van der Waals surface area contributed by atoms with Gasteiger partial charge in [-0.15, -0.1) is 0 Å². The molecule has 0 bridgehead atoms. The Morgan fingerprint density at radius 2 is 1.85 bits per heavy atom. The van der Waals surface area contributed by atoms with Gasteiger partial charge in [0.25, 0.3) is 0 Å². The van der Waals surface area contributed by atoms with Crippen LogP contribution in [0.15, 0.2) is 54.6 Å². The molecule has 0 saturated heterocycles. The maximum atomic E-state index is 10.9. The standard InChI is InChI=1S/C22H22N4O/c1-16-7-5-6-10-18(16)21-19-14-26(13-17-8-3-2-4-9-17)12-11-20(19)24-22(25-21)23-15-27/h2-10,15H,11-14H2,1H3,(H,23,24,25,27). The molecule has 5 heteroatoms. The van der Waals surface area contributed by atoms with Gasteiger partial charge < -0.3 is 0 Å². The molecule has 4 rings (SSSR count). The molecular weight excluding hydrogens is 336 g/mol. The van der Waals surface area contributed by atoms with Crippen molar-refractivity contribution in [2.45, 2.75) is 26.4 Å². The highest BCUT2D eigenvalue weighted by Crippen LogP contribution is 2.31. The zero-order valence-electron chi connectivity index (χ0n) is 15.4. The second-order valence-corrected chi connectivity index (χ2v) is 6.84. The Morgan fingerprint density at radius 3 is 2.63 bits per heavy atom. The molecule has 3 aromatic rings. The van der Waals surface area contributed by atoms with Gasteiger partial charge in [-0.2, -0.15) is 0 Å². The molecule has 0 spiro atoms. The van der Waals surface area contributed by atoms with Crippen LogP contribution in [0.25, 0.3) is 11.3 Å².